The molecule has 0 aliphatic heterocycles. The molecule has 1 aliphatic carbocycles. The van der Waals surface area contributed by atoms with E-state index >= 15 is 0 Å². The van der Waals surface area contributed by atoms with Crippen LogP contribution in [0, 0.1) is 0 Å². The smallest absolute Gasteiger partial charge is 0.293 e. The van der Waals surface area contributed by atoms with E-state index in [-0.39, 0.29) is 5.60 Å². The number of hydrogen-bond acceptors (Lipinski definition) is 3. The second-order valence-corrected chi connectivity index (χ2v) is 5.08. The van der Waals surface area contributed by atoms with Crippen LogP contribution in [0.25, 0.3) is 10.4 Å². The van der Waals surface area contributed by atoms with Gasteiger partial charge in [-0.25, -0.2) is 0 Å². The lowest BCUT2D eigenvalue weighted by molar-refractivity contribution is -0.135. The van der Waals surface area contributed by atoms with Crippen LogP contribution in [0.2, 0.25) is 0 Å². The van der Waals surface area contributed by atoms with Crippen molar-refractivity contribution in [3.05, 3.63) is 10.4 Å². The Morgan fingerprint density at radius 3 is 2.28 bits per heavy atom. The summed E-state index contributed by atoms with van der Waals surface area (Å²) >= 11 is 0. The topological polar surface area (TPSA) is 75.1 Å². The van der Waals surface area contributed by atoms with Crippen LogP contribution < -0.4 is 0 Å². The molecular formula is C13H23N3O2. The van der Waals surface area contributed by atoms with Gasteiger partial charge >= 0.3 is 0 Å². The summed E-state index contributed by atoms with van der Waals surface area (Å²) in [6, 6.07) is 0. The van der Waals surface area contributed by atoms with Gasteiger partial charge in [-0.3, -0.25) is 4.79 Å². The van der Waals surface area contributed by atoms with E-state index in [1.807, 2.05) is 0 Å². The zero-order valence-electron chi connectivity index (χ0n) is 11.0. The summed E-state index contributed by atoms with van der Waals surface area (Å²) in [5.41, 5.74) is 8.03. The lowest BCUT2D eigenvalue weighted by atomic mass is 10.1. The molecule has 0 amide bonds. The molecule has 0 atom stereocenters. The third-order valence-electron chi connectivity index (χ3n) is 3.56. The highest BCUT2D eigenvalue weighted by Gasteiger charge is 2.44. The van der Waals surface area contributed by atoms with E-state index in [4.69, 9.17) is 10.3 Å². The summed E-state index contributed by atoms with van der Waals surface area (Å²) in [4.78, 5) is 13.0. The number of hydrogen-bond donors (Lipinski definition) is 0. The molecule has 0 saturated heterocycles. The maximum Gasteiger partial charge on any atom is 0.293 e. The Bertz CT molecular complexity index is 284. The predicted octanol–water partition coefficient (Wildman–Crippen LogP) is 4.12. The van der Waals surface area contributed by atoms with E-state index in [1.165, 1.54) is 25.7 Å². The molecule has 1 aliphatic rings. The van der Waals surface area contributed by atoms with Gasteiger partial charge in [-0.05, 0) is 37.6 Å². The number of azide groups is 1. The summed E-state index contributed by atoms with van der Waals surface area (Å²) in [7, 11) is 0. The second kappa shape index (κ2) is 8.81. The van der Waals surface area contributed by atoms with Crippen LogP contribution in [-0.2, 0) is 9.53 Å². The van der Waals surface area contributed by atoms with E-state index in [0.29, 0.717) is 13.0 Å². The molecule has 18 heavy (non-hydrogen) atoms. The maximum atomic E-state index is 10.3. The monoisotopic (exact) mass is 253 g/mol. The molecule has 5 nitrogen and oxygen atoms in total. The number of carbonyl (C=O) groups excluding carboxylic acids is 1. The molecule has 102 valence electrons. The maximum absolute atomic E-state index is 10.3. The molecule has 0 heterocycles. The fourth-order valence-electron chi connectivity index (χ4n) is 2.23. The van der Waals surface area contributed by atoms with Crippen LogP contribution in [0.4, 0.5) is 0 Å². The molecule has 0 aromatic carbocycles. The third kappa shape index (κ3) is 6.50. The van der Waals surface area contributed by atoms with E-state index < -0.39 is 0 Å². The molecule has 1 rings (SSSR count). The number of unbranched alkanes of at least 4 members (excludes halogenated alkanes) is 6. The second-order valence-electron chi connectivity index (χ2n) is 5.08. The Kier molecular flexibility index (Phi) is 7.26. The first kappa shape index (κ1) is 14.8. The lowest BCUT2D eigenvalue weighted by Crippen LogP contribution is -2.12. The third-order valence-corrected chi connectivity index (χ3v) is 3.56. The van der Waals surface area contributed by atoms with E-state index in [0.717, 1.165) is 38.5 Å². The summed E-state index contributed by atoms with van der Waals surface area (Å²) in [5, 5.41) is 3.51. The van der Waals surface area contributed by atoms with E-state index in [9.17, 15) is 4.79 Å². The van der Waals surface area contributed by atoms with Gasteiger partial charge < -0.3 is 4.74 Å². The molecule has 0 radical (unpaired) electrons. The molecule has 0 aromatic rings. The number of rotatable bonds is 12. The van der Waals surface area contributed by atoms with Crippen molar-refractivity contribution >= 4 is 6.47 Å². The SMILES string of the molecule is [N-]=[N+]=NCCCCCCCCCC1(OC=O)CC1. The normalized spacial score (nSPS) is 15.8. The highest BCUT2D eigenvalue weighted by molar-refractivity contribution is 5.39. The van der Waals surface area contributed by atoms with Crippen LogP contribution in [0.15, 0.2) is 5.11 Å². The number of nitrogens with zero attached hydrogens (tertiary/aromatic N) is 3. The number of carbonyl (C=O) groups is 1. The first-order valence-corrected chi connectivity index (χ1v) is 6.95. The van der Waals surface area contributed by atoms with Gasteiger partial charge in [-0.1, -0.05) is 37.2 Å². The molecule has 0 aromatic heterocycles. The van der Waals surface area contributed by atoms with E-state index in [2.05, 4.69) is 10.0 Å². The van der Waals surface area contributed by atoms with Gasteiger partial charge in [0.2, 0.25) is 0 Å². The molecule has 0 unspecified atom stereocenters. The van der Waals surface area contributed by atoms with Crippen molar-refractivity contribution in [1.29, 1.82) is 0 Å². The fraction of sp³-hybridized carbons (Fsp3) is 0.923. The fourth-order valence-corrected chi connectivity index (χ4v) is 2.23. The van der Waals surface area contributed by atoms with Gasteiger partial charge in [0, 0.05) is 11.5 Å². The largest absolute Gasteiger partial charge is 0.461 e. The average Bonchev–Trinajstić information content (AvgIpc) is 3.12. The van der Waals surface area contributed by atoms with Crippen molar-refractivity contribution in [2.24, 2.45) is 5.11 Å². The van der Waals surface area contributed by atoms with Gasteiger partial charge in [0.05, 0.1) is 0 Å². The van der Waals surface area contributed by atoms with Crippen molar-refractivity contribution in [3.8, 4) is 0 Å². The highest BCUT2D eigenvalue weighted by atomic mass is 16.5. The summed E-state index contributed by atoms with van der Waals surface area (Å²) in [6.45, 7) is 1.22. The van der Waals surface area contributed by atoms with Gasteiger partial charge in [0.25, 0.3) is 6.47 Å². The lowest BCUT2D eigenvalue weighted by Gasteiger charge is -2.12. The van der Waals surface area contributed by atoms with Crippen LogP contribution in [0.1, 0.15) is 64.2 Å². The molecule has 0 N–H and O–H groups in total. The molecular weight excluding hydrogens is 230 g/mol. The minimum absolute atomic E-state index is 0.0724. The van der Waals surface area contributed by atoms with Crippen molar-refractivity contribution in [1.82, 2.24) is 0 Å². The Morgan fingerprint density at radius 1 is 1.11 bits per heavy atom. The first-order valence-electron chi connectivity index (χ1n) is 6.95. The summed E-state index contributed by atoms with van der Waals surface area (Å²) < 4.78 is 5.10. The van der Waals surface area contributed by atoms with E-state index in [1.54, 1.807) is 0 Å². The predicted molar refractivity (Wildman–Crippen MR) is 70.1 cm³/mol. The molecule has 1 fully saturated rings. The van der Waals surface area contributed by atoms with Crippen molar-refractivity contribution in [2.75, 3.05) is 6.54 Å². The van der Waals surface area contributed by atoms with Gasteiger partial charge in [-0.15, -0.1) is 0 Å². The van der Waals surface area contributed by atoms with Gasteiger partial charge in [0.15, 0.2) is 0 Å². The van der Waals surface area contributed by atoms with Crippen LogP contribution in [0.3, 0.4) is 0 Å². The summed E-state index contributed by atoms with van der Waals surface area (Å²) in [6.07, 6.45) is 11.4. The van der Waals surface area contributed by atoms with Crippen molar-refractivity contribution in [3.63, 3.8) is 0 Å². The minimum atomic E-state index is -0.0724. The zero-order chi connectivity index (χ0) is 13.1. The molecule has 5 heteroatoms. The highest BCUT2D eigenvalue weighted by Crippen LogP contribution is 2.43. The quantitative estimate of drug-likeness (QED) is 0.172. The Hall–Kier alpha value is -1.22. The molecule has 0 bridgehead atoms. The Labute approximate surface area is 109 Å². The standard InChI is InChI=1S/C13H23N3O2/c14-16-15-11-7-5-3-1-2-4-6-8-13(9-10-13)18-12-17/h12H,1-11H2. The number of ether oxygens (including phenoxy) is 1. The minimum Gasteiger partial charge on any atom is -0.461 e. The van der Waals surface area contributed by atoms with Crippen molar-refractivity contribution in [2.45, 2.75) is 69.8 Å². The van der Waals surface area contributed by atoms with Crippen molar-refractivity contribution < 1.29 is 9.53 Å². The average molecular weight is 253 g/mol. The van der Waals surface area contributed by atoms with Crippen LogP contribution in [-0.4, -0.2) is 18.6 Å². The Morgan fingerprint density at radius 2 is 1.72 bits per heavy atom. The van der Waals surface area contributed by atoms with Gasteiger partial charge in [0.1, 0.15) is 5.60 Å². The molecule has 1 saturated carbocycles. The van der Waals surface area contributed by atoms with Crippen LogP contribution in [0.5, 0.6) is 0 Å². The first-order chi connectivity index (χ1) is 8.83. The summed E-state index contributed by atoms with van der Waals surface area (Å²) in [5.74, 6) is 0. The molecule has 0 spiro atoms. The van der Waals surface area contributed by atoms with Gasteiger partial charge in [-0.2, -0.15) is 0 Å². The van der Waals surface area contributed by atoms with Crippen LogP contribution >= 0.6 is 0 Å². The Balaban J connectivity index is 1.81. The zero-order valence-corrected chi connectivity index (χ0v) is 11.0.